The molecule has 4 heteroatoms. The molecule has 2 saturated heterocycles. The summed E-state index contributed by atoms with van der Waals surface area (Å²) in [6, 6.07) is 5.15. The summed E-state index contributed by atoms with van der Waals surface area (Å²) in [6.07, 6.45) is 1.78. The monoisotopic (exact) mass is 221 g/mol. The van der Waals surface area contributed by atoms with Crippen LogP contribution in [0.25, 0.3) is 0 Å². The van der Waals surface area contributed by atoms with Gasteiger partial charge in [0.2, 0.25) is 0 Å². The first-order valence-corrected chi connectivity index (χ1v) is 6.03. The highest BCUT2D eigenvalue weighted by molar-refractivity contribution is 5.09. The number of fused-ring (bicyclic) bond motifs is 1. The summed E-state index contributed by atoms with van der Waals surface area (Å²) < 4.78 is 5.58. The summed E-state index contributed by atoms with van der Waals surface area (Å²) in [5, 5.41) is 3.47. The molecule has 2 aliphatic rings. The van der Waals surface area contributed by atoms with E-state index in [1.807, 2.05) is 6.07 Å². The molecule has 16 heavy (non-hydrogen) atoms. The Labute approximate surface area is 96.2 Å². The molecule has 0 aliphatic carbocycles. The molecule has 1 N–H and O–H groups in total. The van der Waals surface area contributed by atoms with Gasteiger partial charge in [-0.2, -0.15) is 0 Å². The minimum absolute atomic E-state index is 0.431. The highest BCUT2D eigenvalue weighted by Gasteiger charge is 2.36. The first-order valence-electron chi connectivity index (χ1n) is 6.03. The SMILES string of the molecule is CN1CC2CNCCN2C(c2ccco2)C1. The Morgan fingerprint density at radius 1 is 1.44 bits per heavy atom. The molecule has 1 aromatic rings. The van der Waals surface area contributed by atoms with Crippen LogP contribution in [0.2, 0.25) is 0 Å². The van der Waals surface area contributed by atoms with E-state index in [1.54, 1.807) is 6.26 Å². The Bertz CT molecular complexity index is 338. The van der Waals surface area contributed by atoms with Gasteiger partial charge in [-0.3, -0.25) is 4.90 Å². The van der Waals surface area contributed by atoms with Gasteiger partial charge in [0.25, 0.3) is 0 Å². The predicted octanol–water partition coefficient (Wildman–Crippen LogP) is 0.540. The van der Waals surface area contributed by atoms with E-state index < -0.39 is 0 Å². The van der Waals surface area contributed by atoms with Gasteiger partial charge in [0.05, 0.1) is 12.3 Å². The molecule has 0 aromatic carbocycles. The van der Waals surface area contributed by atoms with Crippen LogP contribution in [-0.2, 0) is 0 Å². The summed E-state index contributed by atoms with van der Waals surface area (Å²) in [5.74, 6) is 1.11. The van der Waals surface area contributed by atoms with Gasteiger partial charge >= 0.3 is 0 Å². The summed E-state index contributed by atoms with van der Waals surface area (Å²) in [4.78, 5) is 5.00. The molecule has 0 saturated carbocycles. The molecule has 3 heterocycles. The summed E-state index contributed by atoms with van der Waals surface area (Å²) in [5.41, 5.74) is 0. The minimum Gasteiger partial charge on any atom is -0.468 e. The number of furan rings is 1. The van der Waals surface area contributed by atoms with E-state index in [-0.39, 0.29) is 0 Å². The number of hydrogen-bond acceptors (Lipinski definition) is 4. The maximum atomic E-state index is 5.58. The number of rotatable bonds is 1. The molecular weight excluding hydrogens is 202 g/mol. The van der Waals surface area contributed by atoms with Crippen LogP contribution in [0.5, 0.6) is 0 Å². The van der Waals surface area contributed by atoms with E-state index in [0.717, 1.165) is 38.5 Å². The zero-order chi connectivity index (χ0) is 11.0. The molecule has 0 amide bonds. The molecule has 2 unspecified atom stereocenters. The first kappa shape index (κ1) is 10.3. The highest BCUT2D eigenvalue weighted by atomic mass is 16.3. The number of nitrogens with one attached hydrogen (secondary N) is 1. The van der Waals surface area contributed by atoms with E-state index in [9.17, 15) is 0 Å². The van der Waals surface area contributed by atoms with Crippen molar-refractivity contribution in [3.63, 3.8) is 0 Å². The molecule has 4 nitrogen and oxygen atoms in total. The van der Waals surface area contributed by atoms with Gasteiger partial charge in [0.15, 0.2) is 0 Å². The zero-order valence-corrected chi connectivity index (χ0v) is 9.72. The Kier molecular flexibility index (Phi) is 2.71. The van der Waals surface area contributed by atoms with E-state index >= 15 is 0 Å². The van der Waals surface area contributed by atoms with Crippen molar-refractivity contribution in [1.29, 1.82) is 0 Å². The average Bonchev–Trinajstić information content (AvgIpc) is 2.81. The molecule has 0 bridgehead atoms. The maximum Gasteiger partial charge on any atom is 0.122 e. The molecule has 2 aliphatic heterocycles. The molecule has 2 fully saturated rings. The Morgan fingerprint density at radius 3 is 3.19 bits per heavy atom. The lowest BCUT2D eigenvalue weighted by Gasteiger charge is -2.47. The maximum absolute atomic E-state index is 5.58. The molecule has 0 spiro atoms. The summed E-state index contributed by atoms with van der Waals surface area (Å²) >= 11 is 0. The lowest BCUT2D eigenvalue weighted by Crippen LogP contribution is -2.61. The number of nitrogens with zero attached hydrogens (tertiary/aromatic N) is 2. The Hall–Kier alpha value is -0.840. The smallest absolute Gasteiger partial charge is 0.122 e. The molecule has 0 radical (unpaired) electrons. The number of piperazine rings is 2. The van der Waals surface area contributed by atoms with Crippen LogP contribution in [-0.4, -0.2) is 55.6 Å². The van der Waals surface area contributed by atoms with Crippen molar-refractivity contribution in [2.24, 2.45) is 0 Å². The Morgan fingerprint density at radius 2 is 2.38 bits per heavy atom. The third-order valence-corrected chi connectivity index (χ3v) is 3.67. The van der Waals surface area contributed by atoms with Crippen molar-refractivity contribution in [3.8, 4) is 0 Å². The quantitative estimate of drug-likeness (QED) is 0.750. The first-order chi connectivity index (χ1) is 7.84. The fourth-order valence-corrected chi connectivity index (χ4v) is 2.93. The standard InChI is InChI=1S/C12H19N3O/c1-14-8-10-7-13-4-5-15(10)11(9-14)12-3-2-6-16-12/h2-3,6,10-11,13H,4-5,7-9H2,1H3. The second kappa shape index (κ2) is 4.20. The molecule has 3 rings (SSSR count). The van der Waals surface area contributed by atoms with Crippen LogP contribution in [0.15, 0.2) is 22.8 Å². The second-order valence-electron chi connectivity index (χ2n) is 4.85. The zero-order valence-electron chi connectivity index (χ0n) is 9.72. The van der Waals surface area contributed by atoms with Crippen LogP contribution in [0, 0.1) is 0 Å². The lowest BCUT2D eigenvalue weighted by molar-refractivity contribution is 0.0104. The van der Waals surface area contributed by atoms with Gasteiger partial charge in [-0.05, 0) is 19.2 Å². The van der Waals surface area contributed by atoms with Crippen LogP contribution >= 0.6 is 0 Å². The van der Waals surface area contributed by atoms with Crippen molar-refractivity contribution < 1.29 is 4.42 Å². The second-order valence-corrected chi connectivity index (χ2v) is 4.85. The van der Waals surface area contributed by atoms with Gasteiger partial charge in [-0.1, -0.05) is 0 Å². The van der Waals surface area contributed by atoms with Crippen molar-refractivity contribution in [3.05, 3.63) is 24.2 Å². The van der Waals surface area contributed by atoms with Gasteiger partial charge in [0.1, 0.15) is 5.76 Å². The van der Waals surface area contributed by atoms with Crippen molar-refractivity contribution >= 4 is 0 Å². The predicted molar refractivity (Wildman–Crippen MR) is 62.3 cm³/mol. The topological polar surface area (TPSA) is 31.6 Å². The largest absolute Gasteiger partial charge is 0.468 e. The van der Waals surface area contributed by atoms with Gasteiger partial charge in [0, 0.05) is 38.8 Å². The average molecular weight is 221 g/mol. The third kappa shape index (κ3) is 1.77. The van der Waals surface area contributed by atoms with E-state index in [4.69, 9.17) is 4.42 Å². The Balaban J connectivity index is 1.84. The number of likely N-dealkylation sites (N-methyl/N-ethyl adjacent to an activating group) is 1. The van der Waals surface area contributed by atoms with Crippen molar-refractivity contribution in [2.75, 3.05) is 39.8 Å². The van der Waals surface area contributed by atoms with E-state index in [2.05, 4.69) is 28.2 Å². The van der Waals surface area contributed by atoms with Crippen molar-refractivity contribution in [2.45, 2.75) is 12.1 Å². The highest BCUT2D eigenvalue weighted by Crippen LogP contribution is 2.28. The lowest BCUT2D eigenvalue weighted by atomic mass is 10.0. The summed E-state index contributed by atoms with van der Waals surface area (Å²) in [7, 11) is 2.20. The fourth-order valence-electron chi connectivity index (χ4n) is 2.93. The van der Waals surface area contributed by atoms with Crippen LogP contribution < -0.4 is 5.32 Å². The van der Waals surface area contributed by atoms with Crippen LogP contribution in [0.1, 0.15) is 11.8 Å². The molecule has 1 aromatic heterocycles. The van der Waals surface area contributed by atoms with Crippen LogP contribution in [0.4, 0.5) is 0 Å². The van der Waals surface area contributed by atoms with Crippen molar-refractivity contribution in [1.82, 2.24) is 15.1 Å². The molecule has 88 valence electrons. The van der Waals surface area contributed by atoms with Gasteiger partial charge in [-0.25, -0.2) is 0 Å². The molecular formula is C12H19N3O. The minimum atomic E-state index is 0.431. The normalized spacial score (nSPS) is 32.6. The van der Waals surface area contributed by atoms with Gasteiger partial charge in [-0.15, -0.1) is 0 Å². The molecule has 2 atom stereocenters. The van der Waals surface area contributed by atoms with E-state index in [1.165, 1.54) is 0 Å². The number of hydrogen-bond donors (Lipinski definition) is 1. The van der Waals surface area contributed by atoms with Gasteiger partial charge < -0.3 is 14.6 Å². The summed E-state index contributed by atoms with van der Waals surface area (Å²) in [6.45, 7) is 5.55. The van der Waals surface area contributed by atoms with Crippen LogP contribution in [0.3, 0.4) is 0 Å². The van der Waals surface area contributed by atoms with E-state index in [0.29, 0.717) is 12.1 Å². The third-order valence-electron chi connectivity index (χ3n) is 3.67. The fraction of sp³-hybridized carbons (Fsp3) is 0.667.